The number of anilines is 1. The fourth-order valence-electron chi connectivity index (χ4n) is 3.31. The third-order valence-corrected chi connectivity index (χ3v) is 4.51. The van der Waals surface area contributed by atoms with Crippen molar-refractivity contribution >= 4 is 16.6 Å². The van der Waals surface area contributed by atoms with E-state index < -0.39 is 0 Å². The Morgan fingerprint density at radius 3 is 2.77 bits per heavy atom. The SMILES string of the molecule is Cc1c(-c2cnn(C)c2)nc(N)c(C#N)c1-c1cccc2cnccc12. The Labute approximate surface area is 150 Å². The van der Waals surface area contributed by atoms with Crippen LogP contribution in [-0.2, 0) is 7.05 Å². The summed E-state index contributed by atoms with van der Waals surface area (Å²) in [6.45, 7) is 1.96. The number of hydrogen-bond donors (Lipinski definition) is 1. The maximum Gasteiger partial charge on any atom is 0.142 e. The number of aromatic nitrogens is 4. The Morgan fingerprint density at radius 1 is 1.19 bits per heavy atom. The number of rotatable bonds is 2. The zero-order chi connectivity index (χ0) is 18.3. The second-order valence-electron chi connectivity index (χ2n) is 6.14. The average molecular weight is 340 g/mol. The lowest BCUT2D eigenvalue weighted by molar-refractivity contribution is 0.768. The minimum absolute atomic E-state index is 0.220. The first kappa shape index (κ1) is 15.8. The molecule has 0 saturated heterocycles. The summed E-state index contributed by atoms with van der Waals surface area (Å²) < 4.78 is 1.72. The van der Waals surface area contributed by atoms with Gasteiger partial charge in [-0.2, -0.15) is 10.4 Å². The number of hydrogen-bond acceptors (Lipinski definition) is 5. The molecule has 0 saturated carbocycles. The molecule has 4 rings (SSSR count). The number of nitriles is 1. The Hall–Kier alpha value is -3.72. The van der Waals surface area contributed by atoms with Gasteiger partial charge in [0, 0.05) is 42.2 Å². The fraction of sp³-hybridized carbons (Fsp3) is 0.100. The molecule has 26 heavy (non-hydrogen) atoms. The molecule has 3 aromatic heterocycles. The van der Waals surface area contributed by atoms with Gasteiger partial charge in [0.1, 0.15) is 17.5 Å². The summed E-state index contributed by atoms with van der Waals surface area (Å²) in [5.41, 5.74) is 10.8. The molecular weight excluding hydrogens is 324 g/mol. The first-order chi connectivity index (χ1) is 12.6. The fourth-order valence-corrected chi connectivity index (χ4v) is 3.31. The van der Waals surface area contributed by atoms with Crippen molar-refractivity contribution in [2.75, 3.05) is 5.73 Å². The van der Waals surface area contributed by atoms with Gasteiger partial charge in [-0.1, -0.05) is 18.2 Å². The Kier molecular flexibility index (Phi) is 3.63. The Bertz CT molecular complexity index is 1180. The molecule has 0 bridgehead atoms. The number of nitrogens with zero attached hydrogens (tertiary/aromatic N) is 5. The Morgan fingerprint density at radius 2 is 2.04 bits per heavy atom. The smallest absolute Gasteiger partial charge is 0.142 e. The topological polar surface area (TPSA) is 93.4 Å². The van der Waals surface area contributed by atoms with Crippen LogP contribution in [0.15, 0.2) is 49.1 Å². The van der Waals surface area contributed by atoms with E-state index in [2.05, 4.69) is 21.1 Å². The van der Waals surface area contributed by atoms with Crippen LogP contribution < -0.4 is 5.73 Å². The lowest BCUT2D eigenvalue weighted by Gasteiger charge is -2.15. The van der Waals surface area contributed by atoms with Crippen molar-refractivity contribution in [3.63, 3.8) is 0 Å². The number of benzene rings is 1. The lowest BCUT2D eigenvalue weighted by Crippen LogP contribution is -2.03. The molecule has 2 N–H and O–H groups in total. The van der Waals surface area contributed by atoms with E-state index in [9.17, 15) is 5.26 Å². The van der Waals surface area contributed by atoms with Gasteiger partial charge in [0.05, 0.1) is 11.9 Å². The maximum atomic E-state index is 9.72. The molecule has 3 heterocycles. The second kappa shape index (κ2) is 5.97. The molecule has 0 spiro atoms. The highest BCUT2D eigenvalue weighted by Gasteiger charge is 2.20. The molecule has 4 aromatic rings. The van der Waals surface area contributed by atoms with E-state index in [4.69, 9.17) is 5.73 Å². The predicted molar refractivity (Wildman–Crippen MR) is 101 cm³/mol. The molecule has 0 aliphatic rings. The van der Waals surface area contributed by atoms with Crippen LogP contribution in [0, 0.1) is 18.3 Å². The summed E-state index contributed by atoms with van der Waals surface area (Å²) in [6.07, 6.45) is 7.20. The number of aryl methyl sites for hydroxylation is 1. The molecule has 0 radical (unpaired) electrons. The van der Waals surface area contributed by atoms with Crippen molar-refractivity contribution in [3.8, 4) is 28.5 Å². The van der Waals surface area contributed by atoms with Crippen LogP contribution in [0.5, 0.6) is 0 Å². The molecule has 0 aliphatic carbocycles. The van der Waals surface area contributed by atoms with Gasteiger partial charge in [-0.3, -0.25) is 9.67 Å². The van der Waals surface area contributed by atoms with Crippen LogP contribution in [0.1, 0.15) is 11.1 Å². The van der Waals surface area contributed by atoms with Crippen LogP contribution in [0.2, 0.25) is 0 Å². The second-order valence-corrected chi connectivity index (χ2v) is 6.14. The van der Waals surface area contributed by atoms with E-state index in [1.165, 1.54) is 0 Å². The van der Waals surface area contributed by atoms with E-state index in [1.54, 1.807) is 17.1 Å². The summed E-state index contributed by atoms with van der Waals surface area (Å²) >= 11 is 0. The molecule has 6 heteroatoms. The van der Waals surface area contributed by atoms with Crippen LogP contribution in [-0.4, -0.2) is 19.7 Å². The number of nitrogens with two attached hydrogens (primary N) is 1. The highest BCUT2D eigenvalue weighted by molar-refractivity contribution is 6.00. The number of nitrogen functional groups attached to an aromatic ring is 1. The quantitative estimate of drug-likeness (QED) is 0.603. The van der Waals surface area contributed by atoms with Crippen molar-refractivity contribution in [1.29, 1.82) is 5.26 Å². The van der Waals surface area contributed by atoms with Crippen molar-refractivity contribution in [2.24, 2.45) is 7.05 Å². The normalized spacial score (nSPS) is 10.8. The molecule has 1 aromatic carbocycles. The molecule has 0 unspecified atom stereocenters. The van der Waals surface area contributed by atoms with E-state index in [1.807, 2.05) is 50.6 Å². The number of fused-ring (bicyclic) bond motifs is 1. The van der Waals surface area contributed by atoms with Crippen LogP contribution in [0.3, 0.4) is 0 Å². The van der Waals surface area contributed by atoms with Gasteiger partial charge in [0.15, 0.2) is 0 Å². The molecule has 126 valence electrons. The molecule has 0 atom stereocenters. The van der Waals surface area contributed by atoms with E-state index in [0.29, 0.717) is 5.56 Å². The van der Waals surface area contributed by atoms with Gasteiger partial charge in [-0.15, -0.1) is 0 Å². The Balaban J connectivity index is 2.10. The molecule has 6 nitrogen and oxygen atoms in total. The van der Waals surface area contributed by atoms with Gasteiger partial charge >= 0.3 is 0 Å². The van der Waals surface area contributed by atoms with Crippen molar-refractivity contribution in [3.05, 3.63) is 60.2 Å². The number of pyridine rings is 2. The van der Waals surface area contributed by atoms with E-state index in [-0.39, 0.29) is 5.82 Å². The van der Waals surface area contributed by atoms with E-state index in [0.717, 1.165) is 38.7 Å². The summed E-state index contributed by atoms with van der Waals surface area (Å²) in [7, 11) is 1.85. The van der Waals surface area contributed by atoms with Crippen LogP contribution in [0.25, 0.3) is 33.2 Å². The van der Waals surface area contributed by atoms with Crippen molar-refractivity contribution < 1.29 is 0 Å². The zero-order valence-corrected chi connectivity index (χ0v) is 14.4. The van der Waals surface area contributed by atoms with E-state index >= 15 is 0 Å². The highest BCUT2D eigenvalue weighted by Crippen LogP contribution is 2.38. The summed E-state index contributed by atoms with van der Waals surface area (Å²) in [5, 5.41) is 16.0. The highest BCUT2D eigenvalue weighted by atomic mass is 15.2. The standard InChI is InChI=1S/C20H16N6/c1-12-18(16-5-3-4-13-9-23-7-6-15(13)16)17(8-21)20(22)25-19(12)14-10-24-26(2)11-14/h3-7,9-11H,1-2H3,(H2,22,25). The van der Waals surface area contributed by atoms with Crippen LogP contribution in [0.4, 0.5) is 5.82 Å². The summed E-state index contributed by atoms with van der Waals surface area (Å²) in [6, 6.07) is 10.1. The van der Waals surface area contributed by atoms with Crippen molar-refractivity contribution in [2.45, 2.75) is 6.92 Å². The zero-order valence-electron chi connectivity index (χ0n) is 14.4. The van der Waals surface area contributed by atoms with Crippen LogP contribution >= 0.6 is 0 Å². The minimum atomic E-state index is 0.220. The van der Waals surface area contributed by atoms with Gasteiger partial charge in [0.25, 0.3) is 0 Å². The molecule has 0 amide bonds. The molecular formula is C20H16N6. The van der Waals surface area contributed by atoms with Crippen molar-refractivity contribution in [1.82, 2.24) is 19.7 Å². The van der Waals surface area contributed by atoms with Gasteiger partial charge in [-0.05, 0) is 29.5 Å². The third-order valence-electron chi connectivity index (χ3n) is 4.51. The lowest BCUT2D eigenvalue weighted by atomic mass is 9.91. The first-order valence-corrected chi connectivity index (χ1v) is 8.12. The largest absolute Gasteiger partial charge is 0.383 e. The first-order valence-electron chi connectivity index (χ1n) is 8.12. The third kappa shape index (κ3) is 2.38. The summed E-state index contributed by atoms with van der Waals surface area (Å²) in [5.74, 6) is 0.220. The summed E-state index contributed by atoms with van der Waals surface area (Å²) in [4.78, 5) is 8.67. The van der Waals surface area contributed by atoms with Gasteiger partial charge in [0.2, 0.25) is 0 Å². The predicted octanol–water partition coefficient (Wildman–Crippen LogP) is 3.46. The maximum absolute atomic E-state index is 9.72. The molecule has 0 aliphatic heterocycles. The average Bonchev–Trinajstić information content (AvgIpc) is 3.08. The molecule has 0 fully saturated rings. The minimum Gasteiger partial charge on any atom is -0.383 e. The van der Waals surface area contributed by atoms with Gasteiger partial charge in [-0.25, -0.2) is 4.98 Å². The van der Waals surface area contributed by atoms with Gasteiger partial charge < -0.3 is 5.73 Å². The monoisotopic (exact) mass is 340 g/mol.